The van der Waals surface area contributed by atoms with Crippen molar-refractivity contribution in [2.75, 3.05) is 13.1 Å². The Kier molecular flexibility index (Phi) is 3.91. The number of likely N-dealkylation sites (tertiary alicyclic amines) is 1. The van der Waals surface area contributed by atoms with E-state index in [4.69, 9.17) is 0 Å². The number of nitrogens with one attached hydrogen (secondary N) is 1. The second kappa shape index (κ2) is 4.59. The first-order chi connectivity index (χ1) is 7.64. The molecule has 1 fully saturated rings. The molecule has 0 bridgehead atoms. The number of nitriles is 1. The highest BCUT2D eigenvalue weighted by molar-refractivity contribution is 5.19. The molecule has 0 saturated carbocycles. The van der Waals surface area contributed by atoms with Gasteiger partial charge in [0, 0.05) is 17.6 Å². The van der Waals surface area contributed by atoms with Crippen molar-refractivity contribution in [2.24, 2.45) is 0 Å². The zero-order valence-electron chi connectivity index (χ0n) is 12.2. The number of rotatable bonds is 3. The molecule has 3 nitrogen and oxygen atoms in total. The van der Waals surface area contributed by atoms with Crippen LogP contribution in [0.4, 0.5) is 0 Å². The molecule has 1 rings (SSSR count). The Morgan fingerprint density at radius 1 is 1.35 bits per heavy atom. The van der Waals surface area contributed by atoms with E-state index in [1.807, 2.05) is 0 Å². The molecular weight excluding hydrogens is 210 g/mol. The second-order valence-electron chi connectivity index (χ2n) is 6.98. The average molecular weight is 237 g/mol. The Bertz CT molecular complexity index is 308. The summed E-state index contributed by atoms with van der Waals surface area (Å²) < 4.78 is 0. The van der Waals surface area contributed by atoms with Crippen molar-refractivity contribution in [3.05, 3.63) is 0 Å². The highest BCUT2D eigenvalue weighted by atomic mass is 15.3. The van der Waals surface area contributed by atoms with Crippen molar-refractivity contribution in [1.82, 2.24) is 10.2 Å². The standard InChI is InChI=1S/C14H27N3/c1-7-8-17-11-14(10-15,9-13(17,5)6)16-12(2,3)4/h16H,7-9,11H2,1-6H3. The SMILES string of the molecule is CCCN1CC(C#N)(NC(C)(C)C)CC1(C)C. The first-order valence-corrected chi connectivity index (χ1v) is 6.60. The van der Waals surface area contributed by atoms with Crippen molar-refractivity contribution in [3.63, 3.8) is 0 Å². The van der Waals surface area contributed by atoms with Gasteiger partial charge in [0.05, 0.1) is 6.07 Å². The molecule has 1 N–H and O–H groups in total. The molecule has 1 saturated heterocycles. The first kappa shape index (κ1) is 14.5. The lowest BCUT2D eigenvalue weighted by Crippen LogP contribution is -2.54. The molecule has 0 aromatic carbocycles. The van der Waals surface area contributed by atoms with Crippen molar-refractivity contribution < 1.29 is 0 Å². The summed E-state index contributed by atoms with van der Waals surface area (Å²) in [6.07, 6.45) is 2.04. The van der Waals surface area contributed by atoms with Crippen molar-refractivity contribution in [1.29, 1.82) is 5.26 Å². The van der Waals surface area contributed by atoms with Crippen LogP contribution in [0.15, 0.2) is 0 Å². The lowest BCUT2D eigenvalue weighted by molar-refractivity contribution is 0.174. The Hall–Kier alpha value is -0.590. The molecule has 0 spiro atoms. The Balaban J connectivity index is 2.89. The highest BCUT2D eigenvalue weighted by Crippen LogP contribution is 2.36. The number of nitrogens with zero attached hydrogens (tertiary/aromatic N) is 2. The maximum atomic E-state index is 9.56. The van der Waals surface area contributed by atoms with Crippen LogP contribution < -0.4 is 5.32 Å². The van der Waals surface area contributed by atoms with E-state index in [1.54, 1.807) is 0 Å². The first-order valence-electron chi connectivity index (χ1n) is 6.60. The van der Waals surface area contributed by atoms with Gasteiger partial charge < -0.3 is 0 Å². The predicted octanol–water partition coefficient (Wildman–Crippen LogP) is 2.53. The second-order valence-corrected chi connectivity index (χ2v) is 6.98. The molecule has 0 amide bonds. The maximum Gasteiger partial charge on any atom is 0.121 e. The van der Waals surface area contributed by atoms with Crippen LogP contribution in [0.5, 0.6) is 0 Å². The van der Waals surface area contributed by atoms with Crippen LogP contribution in [0.1, 0.15) is 54.4 Å². The normalized spacial score (nSPS) is 29.2. The fraction of sp³-hybridized carbons (Fsp3) is 0.929. The molecule has 0 aromatic rings. The highest BCUT2D eigenvalue weighted by Gasteiger charge is 2.49. The Labute approximate surface area is 106 Å². The molecule has 1 atom stereocenters. The number of hydrogen-bond donors (Lipinski definition) is 1. The van der Waals surface area contributed by atoms with E-state index < -0.39 is 5.54 Å². The molecule has 1 aliphatic rings. The molecule has 0 radical (unpaired) electrons. The van der Waals surface area contributed by atoms with E-state index in [9.17, 15) is 5.26 Å². The fourth-order valence-electron chi connectivity index (χ4n) is 3.00. The number of hydrogen-bond acceptors (Lipinski definition) is 3. The van der Waals surface area contributed by atoms with Crippen LogP contribution >= 0.6 is 0 Å². The van der Waals surface area contributed by atoms with Gasteiger partial charge in [-0.05, 0) is 54.0 Å². The monoisotopic (exact) mass is 237 g/mol. The third-order valence-electron chi connectivity index (χ3n) is 3.37. The van der Waals surface area contributed by atoms with Gasteiger partial charge in [-0.15, -0.1) is 0 Å². The third kappa shape index (κ3) is 3.43. The summed E-state index contributed by atoms with van der Waals surface area (Å²) >= 11 is 0. The van der Waals surface area contributed by atoms with Gasteiger partial charge in [-0.2, -0.15) is 5.26 Å². The van der Waals surface area contributed by atoms with Crippen LogP contribution in [0.2, 0.25) is 0 Å². The topological polar surface area (TPSA) is 39.1 Å². The average Bonchev–Trinajstić information content (AvgIpc) is 2.36. The van der Waals surface area contributed by atoms with E-state index in [0.717, 1.165) is 25.9 Å². The van der Waals surface area contributed by atoms with Gasteiger partial charge in [0.25, 0.3) is 0 Å². The van der Waals surface area contributed by atoms with Crippen LogP contribution in [0, 0.1) is 11.3 Å². The molecule has 1 unspecified atom stereocenters. The third-order valence-corrected chi connectivity index (χ3v) is 3.37. The summed E-state index contributed by atoms with van der Waals surface area (Å²) in [6.45, 7) is 15.0. The maximum absolute atomic E-state index is 9.56. The molecular formula is C14H27N3. The van der Waals surface area contributed by atoms with Gasteiger partial charge in [-0.25, -0.2) is 0 Å². The van der Waals surface area contributed by atoms with E-state index >= 15 is 0 Å². The van der Waals surface area contributed by atoms with Gasteiger partial charge in [0.2, 0.25) is 0 Å². The van der Waals surface area contributed by atoms with Crippen LogP contribution in [0.3, 0.4) is 0 Å². The van der Waals surface area contributed by atoms with Gasteiger partial charge in [0.1, 0.15) is 5.54 Å². The fourth-order valence-corrected chi connectivity index (χ4v) is 3.00. The molecule has 3 heteroatoms. The molecule has 1 aliphatic heterocycles. The van der Waals surface area contributed by atoms with E-state index in [-0.39, 0.29) is 11.1 Å². The molecule has 1 heterocycles. The largest absolute Gasteiger partial charge is 0.295 e. The lowest BCUT2D eigenvalue weighted by atomic mass is 9.89. The van der Waals surface area contributed by atoms with Crippen molar-refractivity contribution >= 4 is 0 Å². The Morgan fingerprint density at radius 2 is 1.94 bits per heavy atom. The van der Waals surface area contributed by atoms with E-state index in [0.29, 0.717) is 0 Å². The molecule has 98 valence electrons. The predicted molar refractivity (Wildman–Crippen MR) is 71.8 cm³/mol. The molecule has 0 aliphatic carbocycles. The van der Waals surface area contributed by atoms with Crippen LogP contribution in [0.25, 0.3) is 0 Å². The summed E-state index contributed by atoms with van der Waals surface area (Å²) in [5, 5.41) is 13.1. The zero-order valence-corrected chi connectivity index (χ0v) is 12.2. The van der Waals surface area contributed by atoms with Crippen molar-refractivity contribution in [3.8, 4) is 6.07 Å². The Morgan fingerprint density at radius 3 is 2.35 bits per heavy atom. The minimum absolute atomic E-state index is 0.0198. The van der Waals surface area contributed by atoms with Crippen LogP contribution in [-0.4, -0.2) is 34.6 Å². The quantitative estimate of drug-likeness (QED) is 0.820. The smallest absolute Gasteiger partial charge is 0.121 e. The summed E-state index contributed by atoms with van der Waals surface area (Å²) in [4.78, 5) is 2.44. The molecule has 0 aromatic heterocycles. The summed E-state index contributed by atoms with van der Waals surface area (Å²) in [5.74, 6) is 0. The van der Waals surface area contributed by atoms with Crippen LogP contribution in [-0.2, 0) is 0 Å². The van der Waals surface area contributed by atoms with Gasteiger partial charge in [0.15, 0.2) is 0 Å². The van der Waals surface area contributed by atoms with Gasteiger partial charge >= 0.3 is 0 Å². The summed E-state index contributed by atoms with van der Waals surface area (Å²) in [7, 11) is 0. The van der Waals surface area contributed by atoms with Gasteiger partial charge in [-0.1, -0.05) is 6.92 Å². The van der Waals surface area contributed by atoms with E-state index in [1.165, 1.54) is 0 Å². The lowest BCUT2D eigenvalue weighted by Gasteiger charge is -2.32. The van der Waals surface area contributed by atoms with Gasteiger partial charge in [-0.3, -0.25) is 10.2 Å². The summed E-state index contributed by atoms with van der Waals surface area (Å²) in [5.41, 5.74) is -0.297. The minimum atomic E-state index is -0.392. The zero-order chi connectivity index (χ0) is 13.3. The summed E-state index contributed by atoms with van der Waals surface area (Å²) in [6, 6.07) is 2.53. The van der Waals surface area contributed by atoms with E-state index in [2.05, 4.69) is 57.8 Å². The molecule has 17 heavy (non-hydrogen) atoms. The minimum Gasteiger partial charge on any atom is -0.295 e. The van der Waals surface area contributed by atoms with Crippen molar-refractivity contribution in [2.45, 2.75) is 71.0 Å².